The maximum atomic E-state index is 12.9. The fraction of sp³-hybridized carbons (Fsp3) is 0.794. The van der Waals surface area contributed by atoms with Crippen molar-refractivity contribution in [3.63, 3.8) is 0 Å². The Bertz CT molecular complexity index is 1250. The summed E-state index contributed by atoms with van der Waals surface area (Å²) in [5.41, 5.74) is 0. The van der Waals surface area contributed by atoms with Crippen LogP contribution in [0.15, 0.2) is 60.8 Å². The van der Waals surface area contributed by atoms with Crippen LogP contribution in [0.1, 0.15) is 303 Å². The number of hydrogen-bond acceptors (Lipinski definition) is 6. The second kappa shape index (κ2) is 57.7. The average molecular weight is 966 g/mol. The first-order chi connectivity index (χ1) is 34.0. The summed E-state index contributed by atoms with van der Waals surface area (Å²) in [5, 5.41) is 0. The summed E-state index contributed by atoms with van der Waals surface area (Å²) < 4.78 is 16.9. The Morgan fingerprint density at radius 2 is 0.522 bits per heavy atom. The van der Waals surface area contributed by atoms with E-state index in [0.29, 0.717) is 19.3 Å². The first-order valence-corrected chi connectivity index (χ1v) is 29.8. The largest absolute Gasteiger partial charge is 0.462 e. The van der Waals surface area contributed by atoms with Crippen LogP contribution < -0.4 is 0 Å². The molecule has 0 saturated carbocycles. The Hall–Kier alpha value is -2.89. The lowest BCUT2D eigenvalue weighted by molar-refractivity contribution is -0.167. The molecular weight excluding hydrogens is 853 g/mol. The third-order valence-electron chi connectivity index (χ3n) is 13.0. The maximum absolute atomic E-state index is 12.9. The van der Waals surface area contributed by atoms with Crippen LogP contribution in [0.3, 0.4) is 0 Å². The molecule has 0 unspecified atom stereocenters. The monoisotopic (exact) mass is 965 g/mol. The van der Waals surface area contributed by atoms with E-state index in [2.05, 4.69) is 81.5 Å². The minimum atomic E-state index is -0.788. The summed E-state index contributed by atoms with van der Waals surface area (Å²) in [6.45, 7) is 6.61. The zero-order valence-electron chi connectivity index (χ0n) is 45.8. The minimum Gasteiger partial charge on any atom is -0.462 e. The summed E-state index contributed by atoms with van der Waals surface area (Å²) in [6.07, 6.45) is 72.1. The van der Waals surface area contributed by atoms with Crippen LogP contribution in [0.4, 0.5) is 0 Å². The topological polar surface area (TPSA) is 78.9 Å². The van der Waals surface area contributed by atoms with E-state index in [1.807, 2.05) is 0 Å². The Morgan fingerprint density at radius 1 is 0.290 bits per heavy atom. The highest BCUT2D eigenvalue weighted by Crippen LogP contribution is 2.16. The molecule has 0 bridgehead atoms. The van der Waals surface area contributed by atoms with Crippen molar-refractivity contribution in [2.45, 2.75) is 309 Å². The van der Waals surface area contributed by atoms with Crippen molar-refractivity contribution < 1.29 is 28.6 Å². The fourth-order valence-corrected chi connectivity index (χ4v) is 8.48. The van der Waals surface area contributed by atoms with Crippen LogP contribution in [-0.2, 0) is 28.6 Å². The molecule has 0 heterocycles. The van der Waals surface area contributed by atoms with Gasteiger partial charge in [0.1, 0.15) is 13.2 Å². The molecule has 0 radical (unpaired) electrons. The molecule has 0 spiro atoms. The van der Waals surface area contributed by atoms with Crippen LogP contribution >= 0.6 is 0 Å². The predicted molar refractivity (Wildman–Crippen MR) is 298 cm³/mol. The number of unbranched alkanes of at least 4 members (excludes halogenated alkanes) is 33. The minimum absolute atomic E-state index is 0.0834. The lowest BCUT2D eigenvalue weighted by Gasteiger charge is -2.18. The molecule has 0 rings (SSSR count). The lowest BCUT2D eigenvalue weighted by Crippen LogP contribution is -2.30. The molecule has 1 atom stereocenters. The van der Waals surface area contributed by atoms with Gasteiger partial charge < -0.3 is 14.2 Å². The van der Waals surface area contributed by atoms with Gasteiger partial charge in [0, 0.05) is 19.3 Å². The van der Waals surface area contributed by atoms with Gasteiger partial charge in [0.05, 0.1) is 0 Å². The van der Waals surface area contributed by atoms with E-state index in [9.17, 15) is 14.4 Å². The molecule has 0 aliphatic rings. The highest BCUT2D eigenvalue weighted by Gasteiger charge is 2.19. The molecule has 0 aromatic heterocycles. The summed E-state index contributed by atoms with van der Waals surface area (Å²) in [7, 11) is 0. The number of rotatable bonds is 54. The number of allylic oxidation sites excluding steroid dienone is 10. The zero-order chi connectivity index (χ0) is 50.0. The number of carbonyl (C=O) groups excluding carboxylic acids is 3. The van der Waals surface area contributed by atoms with Crippen LogP contribution in [-0.4, -0.2) is 37.2 Å². The molecule has 0 aromatic carbocycles. The number of hydrogen-bond donors (Lipinski definition) is 0. The molecule has 0 aliphatic carbocycles. The van der Waals surface area contributed by atoms with Gasteiger partial charge in [-0.3, -0.25) is 14.4 Å². The normalized spacial score (nSPS) is 12.4. The number of esters is 3. The van der Waals surface area contributed by atoms with Crippen LogP contribution in [0.25, 0.3) is 0 Å². The Morgan fingerprint density at radius 3 is 0.870 bits per heavy atom. The first-order valence-electron chi connectivity index (χ1n) is 29.8. The van der Waals surface area contributed by atoms with Gasteiger partial charge in [-0.05, 0) is 89.9 Å². The average Bonchev–Trinajstić information content (AvgIpc) is 3.35. The smallest absolute Gasteiger partial charge is 0.306 e. The van der Waals surface area contributed by atoms with Gasteiger partial charge in [-0.25, -0.2) is 0 Å². The van der Waals surface area contributed by atoms with Crippen molar-refractivity contribution in [3.05, 3.63) is 60.8 Å². The molecule has 0 aliphatic heterocycles. The van der Waals surface area contributed by atoms with Crippen molar-refractivity contribution in [3.8, 4) is 0 Å². The highest BCUT2D eigenvalue weighted by atomic mass is 16.6. The van der Waals surface area contributed by atoms with Gasteiger partial charge in [-0.1, -0.05) is 255 Å². The van der Waals surface area contributed by atoms with E-state index in [0.717, 1.165) is 83.5 Å². The van der Waals surface area contributed by atoms with E-state index in [-0.39, 0.29) is 31.1 Å². The highest BCUT2D eigenvalue weighted by molar-refractivity contribution is 5.71. The molecule has 400 valence electrons. The van der Waals surface area contributed by atoms with Crippen LogP contribution in [0.2, 0.25) is 0 Å². The van der Waals surface area contributed by atoms with Crippen molar-refractivity contribution in [2.75, 3.05) is 13.2 Å². The quantitative estimate of drug-likeness (QED) is 0.0262. The van der Waals surface area contributed by atoms with E-state index in [4.69, 9.17) is 14.2 Å². The van der Waals surface area contributed by atoms with Crippen LogP contribution in [0.5, 0.6) is 0 Å². The van der Waals surface area contributed by atoms with E-state index < -0.39 is 6.10 Å². The summed E-state index contributed by atoms with van der Waals surface area (Å²) in [4.78, 5) is 38.2. The molecule has 0 fully saturated rings. The predicted octanol–water partition coefficient (Wildman–Crippen LogP) is 20.0. The third kappa shape index (κ3) is 55.9. The van der Waals surface area contributed by atoms with Crippen molar-refractivity contribution >= 4 is 17.9 Å². The number of ether oxygens (including phenoxy) is 3. The van der Waals surface area contributed by atoms with Gasteiger partial charge in [0.15, 0.2) is 6.10 Å². The standard InChI is InChI=1S/C63H112O6/c1-4-7-10-13-16-19-22-25-28-30-31-33-35-38-41-44-47-50-53-56-62(65)68-59-60(58-67-61(64)55-52-49-46-43-40-37-34-27-24-21-18-15-12-9-6-3)69-63(66)57-54-51-48-45-42-39-36-32-29-26-23-20-17-14-11-8-5-2/h16,19,25-26,28-29,31,33,38,41,60H,4-15,17-18,20-24,27,30,32,34-37,39-40,42-59H2,1-3H3/b19-16+,28-25+,29-26+,33-31+,41-38+/t60-/m1/s1. The van der Waals surface area contributed by atoms with Crippen molar-refractivity contribution in [1.29, 1.82) is 0 Å². The van der Waals surface area contributed by atoms with Gasteiger partial charge in [0.2, 0.25) is 0 Å². The molecule has 0 saturated heterocycles. The van der Waals surface area contributed by atoms with Crippen molar-refractivity contribution in [1.82, 2.24) is 0 Å². The molecule has 6 heteroatoms. The summed E-state index contributed by atoms with van der Waals surface area (Å²) in [6, 6.07) is 0. The molecular formula is C63H112O6. The molecule has 6 nitrogen and oxygen atoms in total. The number of carbonyl (C=O) groups is 3. The molecule has 0 N–H and O–H groups in total. The van der Waals surface area contributed by atoms with Crippen molar-refractivity contribution in [2.24, 2.45) is 0 Å². The SMILES string of the molecule is CCCCC/C=C/C/C=C/C/C=C/C/C=C/CCCCCC(=O)OC[C@@H](COC(=O)CCCCCCCCCCCCCCCCC)OC(=O)CCCCCCCCC/C=C/CCCCCCCC. The summed E-state index contributed by atoms with van der Waals surface area (Å²) in [5.74, 6) is -0.906. The van der Waals surface area contributed by atoms with E-state index in [1.54, 1.807) is 0 Å². The van der Waals surface area contributed by atoms with E-state index in [1.165, 1.54) is 180 Å². The van der Waals surface area contributed by atoms with Gasteiger partial charge in [-0.15, -0.1) is 0 Å². The molecule has 69 heavy (non-hydrogen) atoms. The third-order valence-corrected chi connectivity index (χ3v) is 13.0. The van der Waals surface area contributed by atoms with Crippen LogP contribution in [0, 0.1) is 0 Å². The molecule has 0 amide bonds. The van der Waals surface area contributed by atoms with Gasteiger partial charge in [0.25, 0.3) is 0 Å². The lowest BCUT2D eigenvalue weighted by atomic mass is 10.0. The fourth-order valence-electron chi connectivity index (χ4n) is 8.48. The van der Waals surface area contributed by atoms with Gasteiger partial charge >= 0.3 is 17.9 Å². The Labute approximate surface area is 428 Å². The second-order valence-electron chi connectivity index (χ2n) is 19.9. The van der Waals surface area contributed by atoms with Gasteiger partial charge in [-0.2, -0.15) is 0 Å². The Balaban J connectivity index is 4.42. The zero-order valence-corrected chi connectivity index (χ0v) is 45.8. The Kier molecular flexibility index (Phi) is 55.3. The summed E-state index contributed by atoms with van der Waals surface area (Å²) >= 11 is 0. The molecule has 0 aromatic rings. The van der Waals surface area contributed by atoms with E-state index >= 15 is 0 Å². The second-order valence-corrected chi connectivity index (χ2v) is 19.9. The first kappa shape index (κ1) is 66.1. The maximum Gasteiger partial charge on any atom is 0.306 e.